The number of ether oxygens (including phenoxy) is 1. The molecule has 5 heterocycles. The second kappa shape index (κ2) is 15.5. The summed E-state index contributed by atoms with van der Waals surface area (Å²) in [7, 11) is -6.21. The summed E-state index contributed by atoms with van der Waals surface area (Å²) in [6.07, 6.45) is 5.92. The molecule has 4 aromatic heterocycles. The van der Waals surface area contributed by atoms with E-state index in [1.807, 2.05) is 18.5 Å². The van der Waals surface area contributed by atoms with E-state index in [1.165, 1.54) is 57.7 Å². The Kier molecular flexibility index (Phi) is 8.86. The number of hydrogen-bond acceptors (Lipinski definition) is 3. The normalized spacial score (nSPS) is 13.2. The van der Waals surface area contributed by atoms with Crippen LogP contribution < -0.4 is 46.2 Å². The predicted molar refractivity (Wildman–Crippen MR) is 290 cm³/mol. The Balaban J connectivity index is 1.14. The van der Waals surface area contributed by atoms with Gasteiger partial charge in [0.05, 0.1) is 16.6 Å². The predicted octanol–water partition coefficient (Wildman–Crippen LogP) is 8.99. The first-order valence-corrected chi connectivity index (χ1v) is 27.6. The van der Waals surface area contributed by atoms with E-state index in [0.29, 0.717) is 0 Å². The first-order chi connectivity index (χ1) is 34.2. The lowest BCUT2D eigenvalue weighted by atomic mass is 10.1. The number of pyridine rings is 2. The molecule has 0 saturated carbocycles. The molecule has 7 heteroatoms. The van der Waals surface area contributed by atoms with Crippen molar-refractivity contribution in [2.75, 3.05) is 0 Å². The van der Waals surface area contributed by atoms with Crippen LogP contribution in [0.1, 0.15) is 0 Å². The van der Waals surface area contributed by atoms with Crippen LogP contribution in [0, 0.1) is 0 Å². The molecule has 0 radical (unpaired) electrons. The number of aromatic nitrogens is 4. The maximum absolute atomic E-state index is 7.10. The third-order valence-corrected chi connectivity index (χ3v) is 24.3. The zero-order valence-corrected chi connectivity index (χ0v) is 39.4. The van der Waals surface area contributed by atoms with Crippen molar-refractivity contribution in [3.8, 4) is 17.3 Å². The highest BCUT2D eigenvalue weighted by molar-refractivity contribution is 7.22. The second-order valence-electron chi connectivity index (χ2n) is 18.0. The molecule has 0 N–H and O–H groups in total. The lowest BCUT2D eigenvalue weighted by molar-refractivity contribution is 0.487. The van der Waals surface area contributed by atoms with Gasteiger partial charge in [0.1, 0.15) is 23.0 Å². The molecule has 5 nitrogen and oxygen atoms in total. The van der Waals surface area contributed by atoms with E-state index >= 15 is 0 Å². The van der Waals surface area contributed by atoms with Crippen LogP contribution in [0.25, 0.3) is 54.9 Å². The Hall–Kier alpha value is -8.63. The third-order valence-electron chi connectivity index (χ3n) is 14.7. The number of hydrogen-bond donors (Lipinski definition) is 0. The molecule has 14 rings (SSSR count). The highest BCUT2D eigenvalue weighted by Gasteiger charge is 2.50. The number of para-hydroxylation sites is 2. The van der Waals surface area contributed by atoms with Gasteiger partial charge in [-0.25, -0.2) is 9.97 Å². The van der Waals surface area contributed by atoms with Gasteiger partial charge < -0.3 is 4.74 Å². The molecule has 0 amide bonds. The van der Waals surface area contributed by atoms with Crippen molar-refractivity contribution in [2.24, 2.45) is 0 Å². The zero-order chi connectivity index (χ0) is 45.5. The standard InChI is InChI=1S/C62H42N4OSi2/c1-5-19-43(20-6-1)68(44-21-7-2-8-22-44,47-32-34-49-50-27-13-14-28-53(50)65-40-39-64-62(65)52(49)41-47)48-33-35-51-55(42-48)66(59-31-17-18-38-63-59)54-36-37-57-61(60(51)54)69(45-23-9-3-10-24-45,46-25-11-4-12-26-46)58-30-16-15-29-56(58)67-57/h1-42H. The molecule has 324 valence electrons. The summed E-state index contributed by atoms with van der Waals surface area (Å²) in [5.74, 6) is 2.68. The first-order valence-electron chi connectivity index (χ1n) is 23.6. The van der Waals surface area contributed by atoms with Gasteiger partial charge in [-0.3, -0.25) is 8.97 Å². The van der Waals surface area contributed by atoms with Crippen LogP contribution in [-0.2, 0) is 0 Å². The molecule has 1 aliphatic rings. The molecule has 69 heavy (non-hydrogen) atoms. The SMILES string of the molecule is c1ccc([Si](c2ccccc2)(c2ccc3c4ccccc4n4ccnc4c3c2)c2ccc3c4c5c(ccc4n(-c4ccccn4)c3c2)Oc2ccccc2[Si]5(c2ccccc2)c2ccccc2)cc1. The number of nitrogens with zero attached hydrogens (tertiary/aromatic N) is 4. The van der Waals surface area contributed by atoms with Crippen molar-refractivity contribution in [1.29, 1.82) is 0 Å². The van der Waals surface area contributed by atoms with E-state index in [4.69, 9.17) is 14.7 Å². The molecule has 0 unspecified atom stereocenters. The molecule has 13 aromatic rings. The number of imidazole rings is 1. The Morgan fingerprint density at radius 3 is 1.74 bits per heavy atom. The molecule has 0 spiro atoms. The van der Waals surface area contributed by atoms with Crippen LogP contribution in [0.2, 0.25) is 0 Å². The van der Waals surface area contributed by atoms with E-state index in [1.54, 1.807) is 0 Å². The molecule has 0 saturated heterocycles. The van der Waals surface area contributed by atoms with Crippen LogP contribution in [0.5, 0.6) is 11.5 Å². The van der Waals surface area contributed by atoms with Crippen LogP contribution in [0.15, 0.2) is 255 Å². The van der Waals surface area contributed by atoms with Gasteiger partial charge in [0.25, 0.3) is 0 Å². The molecule has 9 aromatic carbocycles. The molecular formula is C62H42N4OSi2. The Bertz CT molecular complexity index is 4020. The molecular weight excluding hydrogens is 873 g/mol. The fourth-order valence-corrected chi connectivity index (χ4v) is 21.9. The van der Waals surface area contributed by atoms with Crippen molar-refractivity contribution in [3.05, 3.63) is 255 Å². The van der Waals surface area contributed by atoms with Crippen molar-refractivity contribution in [1.82, 2.24) is 18.9 Å². The van der Waals surface area contributed by atoms with Crippen molar-refractivity contribution < 1.29 is 4.74 Å². The van der Waals surface area contributed by atoms with Gasteiger partial charge in [-0.15, -0.1) is 0 Å². The molecule has 0 fully saturated rings. The van der Waals surface area contributed by atoms with E-state index in [2.05, 4.69) is 246 Å². The van der Waals surface area contributed by atoms with Gasteiger partial charge in [0.2, 0.25) is 0 Å². The molecule has 0 bridgehead atoms. The monoisotopic (exact) mass is 914 g/mol. The summed E-state index contributed by atoms with van der Waals surface area (Å²) in [4.78, 5) is 10.1. The maximum atomic E-state index is 7.10. The van der Waals surface area contributed by atoms with Crippen molar-refractivity contribution >= 4 is 107 Å². The quantitative estimate of drug-likeness (QED) is 0.0912. The number of benzene rings is 9. The van der Waals surface area contributed by atoms with Crippen LogP contribution in [0.4, 0.5) is 0 Å². The summed E-state index contributed by atoms with van der Waals surface area (Å²) in [5, 5.41) is 16.2. The van der Waals surface area contributed by atoms with E-state index in [0.717, 1.165) is 50.3 Å². The van der Waals surface area contributed by atoms with Gasteiger partial charge in [0.15, 0.2) is 16.1 Å². The van der Waals surface area contributed by atoms with E-state index in [-0.39, 0.29) is 0 Å². The fourth-order valence-electron chi connectivity index (χ4n) is 12.0. The number of rotatable bonds is 7. The first kappa shape index (κ1) is 39.5. The second-order valence-corrected chi connectivity index (χ2v) is 25.6. The van der Waals surface area contributed by atoms with Gasteiger partial charge >= 0.3 is 0 Å². The summed E-state index contributed by atoms with van der Waals surface area (Å²) in [5.41, 5.74) is 4.30. The number of fused-ring (bicyclic) bond motifs is 12. The minimum absolute atomic E-state index is 0.865. The summed E-state index contributed by atoms with van der Waals surface area (Å²) >= 11 is 0. The Morgan fingerprint density at radius 2 is 1.03 bits per heavy atom. The highest BCUT2D eigenvalue weighted by Crippen LogP contribution is 2.39. The lowest BCUT2D eigenvalue weighted by Crippen LogP contribution is -2.76. The molecule has 0 aliphatic carbocycles. The van der Waals surface area contributed by atoms with Gasteiger partial charge in [-0.05, 0) is 84.2 Å². The minimum atomic E-state index is -3.14. The fraction of sp³-hybridized carbons (Fsp3) is 0. The van der Waals surface area contributed by atoms with Gasteiger partial charge in [-0.2, -0.15) is 0 Å². The lowest BCUT2D eigenvalue weighted by Gasteiger charge is -2.40. The van der Waals surface area contributed by atoms with E-state index in [9.17, 15) is 0 Å². The highest BCUT2D eigenvalue weighted by atomic mass is 28.3. The van der Waals surface area contributed by atoms with Crippen molar-refractivity contribution in [3.63, 3.8) is 0 Å². The molecule has 0 atom stereocenters. The van der Waals surface area contributed by atoms with Gasteiger partial charge in [-0.1, -0.05) is 194 Å². The van der Waals surface area contributed by atoms with Crippen LogP contribution in [-0.4, -0.2) is 35.1 Å². The minimum Gasteiger partial charge on any atom is -0.458 e. The summed E-state index contributed by atoms with van der Waals surface area (Å²) in [6, 6.07) is 87.5. The maximum Gasteiger partial charge on any atom is 0.189 e. The largest absolute Gasteiger partial charge is 0.458 e. The smallest absolute Gasteiger partial charge is 0.189 e. The summed E-state index contributed by atoms with van der Waals surface area (Å²) < 4.78 is 11.7. The zero-order valence-electron chi connectivity index (χ0n) is 37.4. The van der Waals surface area contributed by atoms with Gasteiger partial charge in [0, 0.05) is 45.3 Å². The average Bonchev–Trinajstić information content (AvgIpc) is 4.06. The van der Waals surface area contributed by atoms with Crippen molar-refractivity contribution in [2.45, 2.75) is 0 Å². The van der Waals surface area contributed by atoms with E-state index < -0.39 is 16.1 Å². The van der Waals surface area contributed by atoms with Crippen LogP contribution in [0.3, 0.4) is 0 Å². The summed E-state index contributed by atoms with van der Waals surface area (Å²) in [6.45, 7) is 0. The Labute approximate surface area is 400 Å². The third kappa shape index (κ3) is 5.63. The molecule has 1 aliphatic heterocycles. The van der Waals surface area contributed by atoms with Crippen LogP contribution >= 0.6 is 0 Å². The Morgan fingerprint density at radius 1 is 0.406 bits per heavy atom. The topological polar surface area (TPSA) is 44.4 Å². The average molecular weight is 915 g/mol.